The molecule has 2 aromatic carbocycles. The molecule has 0 bridgehead atoms. The van der Waals surface area contributed by atoms with E-state index in [-0.39, 0.29) is 11.8 Å². The molecule has 2 aliphatic rings. The minimum atomic E-state index is -0.884. The van der Waals surface area contributed by atoms with Gasteiger partial charge < -0.3 is 15.0 Å². The minimum absolute atomic E-state index is 0.120. The molecule has 2 heterocycles. The van der Waals surface area contributed by atoms with Crippen LogP contribution in [-0.2, 0) is 9.53 Å². The molecule has 162 valence electrons. The summed E-state index contributed by atoms with van der Waals surface area (Å²) in [4.78, 5) is 42.7. The molecule has 0 saturated carbocycles. The molecular weight excluding hydrogens is 394 g/mol. The van der Waals surface area contributed by atoms with Gasteiger partial charge in [-0.3, -0.25) is 19.3 Å². The van der Waals surface area contributed by atoms with Crippen LogP contribution in [-0.4, -0.2) is 55.0 Å². The number of rotatable bonds is 6. The Morgan fingerprint density at radius 1 is 0.968 bits per heavy atom. The van der Waals surface area contributed by atoms with Gasteiger partial charge >= 0.3 is 0 Å². The van der Waals surface area contributed by atoms with Gasteiger partial charge in [-0.05, 0) is 36.6 Å². The molecule has 0 spiro atoms. The first-order valence-electron chi connectivity index (χ1n) is 10.7. The summed E-state index contributed by atoms with van der Waals surface area (Å²) in [6, 6.07) is 13.4. The molecule has 1 atom stereocenters. The van der Waals surface area contributed by atoms with E-state index in [9.17, 15) is 14.4 Å². The number of nitrogens with one attached hydrogen (secondary N) is 1. The average Bonchev–Trinajstić information content (AvgIpc) is 3.03. The van der Waals surface area contributed by atoms with Crippen LogP contribution in [0.5, 0.6) is 0 Å². The van der Waals surface area contributed by atoms with Gasteiger partial charge in [0.05, 0.1) is 35.7 Å². The number of hydrogen-bond acceptors (Lipinski definition) is 5. The van der Waals surface area contributed by atoms with Crippen LogP contribution in [0.25, 0.3) is 0 Å². The predicted molar refractivity (Wildman–Crippen MR) is 118 cm³/mol. The molecule has 3 amide bonds. The first kappa shape index (κ1) is 21.1. The average molecular weight is 421 g/mol. The molecule has 7 nitrogen and oxygen atoms in total. The van der Waals surface area contributed by atoms with E-state index in [0.717, 1.165) is 23.7 Å². The van der Waals surface area contributed by atoms with Crippen molar-refractivity contribution in [1.29, 1.82) is 0 Å². The van der Waals surface area contributed by atoms with Crippen molar-refractivity contribution >= 4 is 29.1 Å². The van der Waals surface area contributed by atoms with Crippen molar-refractivity contribution < 1.29 is 19.1 Å². The number of hydrogen-bond donors (Lipinski definition) is 1. The van der Waals surface area contributed by atoms with Gasteiger partial charge in [-0.2, -0.15) is 0 Å². The molecule has 2 aliphatic heterocycles. The topological polar surface area (TPSA) is 79.0 Å². The SMILES string of the molecule is CC(C)C[C@H](C(=O)Nc1ccccc1N1CCOCC1)N1C(=O)c2ccccc2C1=O. The lowest BCUT2D eigenvalue weighted by atomic mass is 10.0. The summed E-state index contributed by atoms with van der Waals surface area (Å²) < 4.78 is 5.44. The number of anilines is 2. The normalized spacial score (nSPS) is 17.1. The van der Waals surface area contributed by atoms with Gasteiger partial charge in [-0.15, -0.1) is 0 Å². The van der Waals surface area contributed by atoms with E-state index in [0.29, 0.717) is 36.4 Å². The van der Waals surface area contributed by atoms with Gasteiger partial charge in [0.15, 0.2) is 0 Å². The van der Waals surface area contributed by atoms with E-state index in [2.05, 4.69) is 10.2 Å². The number of ether oxygens (including phenoxy) is 1. The monoisotopic (exact) mass is 421 g/mol. The Bertz CT molecular complexity index is 963. The van der Waals surface area contributed by atoms with Gasteiger partial charge in [0.1, 0.15) is 6.04 Å². The van der Waals surface area contributed by atoms with E-state index in [1.807, 2.05) is 38.1 Å². The smallest absolute Gasteiger partial charge is 0.262 e. The number of imide groups is 1. The van der Waals surface area contributed by atoms with Gasteiger partial charge in [0.2, 0.25) is 5.91 Å². The van der Waals surface area contributed by atoms with E-state index < -0.39 is 17.9 Å². The van der Waals surface area contributed by atoms with Gasteiger partial charge in [-0.25, -0.2) is 0 Å². The summed E-state index contributed by atoms with van der Waals surface area (Å²) in [5.41, 5.74) is 2.27. The van der Waals surface area contributed by atoms with Crippen LogP contribution in [0.2, 0.25) is 0 Å². The molecule has 1 saturated heterocycles. The molecule has 0 aromatic heterocycles. The Kier molecular flexibility index (Phi) is 6.04. The van der Waals surface area contributed by atoms with Gasteiger partial charge in [0.25, 0.3) is 11.8 Å². The highest BCUT2D eigenvalue weighted by molar-refractivity contribution is 6.23. The van der Waals surface area contributed by atoms with Crippen molar-refractivity contribution in [2.24, 2.45) is 5.92 Å². The zero-order chi connectivity index (χ0) is 22.0. The lowest BCUT2D eigenvalue weighted by Crippen LogP contribution is -2.48. The zero-order valence-corrected chi connectivity index (χ0v) is 17.8. The van der Waals surface area contributed by atoms with Crippen molar-refractivity contribution in [2.45, 2.75) is 26.3 Å². The van der Waals surface area contributed by atoms with E-state index in [4.69, 9.17) is 4.74 Å². The summed E-state index contributed by atoms with van der Waals surface area (Å²) in [5.74, 6) is -1.07. The van der Waals surface area contributed by atoms with Gasteiger partial charge in [-0.1, -0.05) is 38.1 Å². The molecule has 0 radical (unpaired) electrons. The molecule has 7 heteroatoms. The largest absolute Gasteiger partial charge is 0.378 e. The third kappa shape index (κ3) is 4.18. The Labute approximate surface area is 182 Å². The quantitative estimate of drug-likeness (QED) is 0.725. The highest BCUT2D eigenvalue weighted by atomic mass is 16.5. The summed E-state index contributed by atoms with van der Waals surface area (Å²) >= 11 is 0. The first-order chi connectivity index (χ1) is 15.0. The lowest BCUT2D eigenvalue weighted by molar-refractivity contribution is -0.120. The summed E-state index contributed by atoms with van der Waals surface area (Å²) in [6.07, 6.45) is 0.386. The third-order valence-corrected chi connectivity index (χ3v) is 5.65. The molecule has 0 aliphatic carbocycles. The molecule has 31 heavy (non-hydrogen) atoms. The van der Waals surface area contributed by atoms with Crippen LogP contribution in [0.1, 0.15) is 41.0 Å². The van der Waals surface area contributed by atoms with Crippen molar-refractivity contribution in [3.63, 3.8) is 0 Å². The Balaban J connectivity index is 1.61. The van der Waals surface area contributed by atoms with Crippen LogP contribution in [0, 0.1) is 5.92 Å². The maximum absolute atomic E-state index is 13.4. The first-order valence-corrected chi connectivity index (χ1v) is 10.7. The van der Waals surface area contributed by atoms with Gasteiger partial charge in [0, 0.05) is 13.1 Å². The summed E-state index contributed by atoms with van der Waals surface area (Å²) in [6.45, 7) is 6.68. The fourth-order valence-electron chi connectivity index (χ4n) is 4.14. The number of amides is 3. The Morgan fingerprint density at radius 3 is 2.16 bits per heavy atom. The van der Waals surface area contributed by atoms with E-state index >= 15 is 0 Å². The van der Waals surface area contributed by atoms with Crippen molar-refractivity contribution in [3.8, 4) is 0 Å². The zero-order valence-electron chi connectivity index (χ0n) is 17.8. The van der Waals surface area contributed by atoms with E-state index in [1.54, 1.807) is 24.3 Å². The molecular formula is C24H27N3O4. The lowest BCUT2D eigenvalue weighted by Gasteiger charge is -2.31. The number of nitrogens with zero attached hydrogens (tertiary/aromatic N) is 2. The maximum atomic E-state index is 13.4. The highest BCUT2D eigenvalue weighted by Gasteiger charge is 2.42. The van der Waals surface area contributed by atoms with Crippen LogP contribution >= 0.6 is 0 Å². The molecule has 1 fully saturated rings. The van der Waals surface area contributed by atoms with Crippen molar-refractivity contribution in [2.75, 3.05) is 36.5 Å². The fraction of sp³-hybridized carbons (Fsp3) is 0.375. The molecule has 4 rings (SSSR count). The molecule has 1 N–H and O–H groups in total. The van der Waals surface area contributed by atoms with Crippen molar-refractivity contribution in [1.82, 2.24) is 4.90 Å². The second-order valence-corrected chi connectivity index (χ2v) is 8.28. The summed E-state index contributed by atoms with van der Waals surface area (Å²) in [7, 11) is 0. The standard InChI is InChI=1S/C24H27N3O4/c1-16(2)15-21(27-23(29)17-7-3-4-8-18(17)24(27)30)22(28)25-19-9-5-6-10-20(19)26-11-13-31-14-12-26/h3-10,16,21H,11-15H2,1-2H3,(H,25,28)/t21-/m1/s1. The Morgan fingerprint density at radius 2 is 1.55 bits per heavy atom. The highest BCUT2D eigenvalue weighted by Crippen LogP contribution is 2.30. The number of para-hydroxylation sites is 2. The fourth-order valence-corrected chi connectivity index (χ4v) is 4.14. The third-order valence-electron chi connectivity index (χ3n) is 5.65. The maximum Gasteiger partial charge on any atom is 0.262 e. The minimum Gasteiger partial charge on any atom is -0.378 e. The molecule has 2 aromatic rings. The second kappa shape index (κ2) is 8.89. The number of fused-ring (bicyclic) bond motifs is 1. The number of carbonyl (C=O) groups is 3. The van der Waals surface area contributed by atoms with Crippen LogP contribution in [0.3, 0.4) is 0 Å². The number of benzene rings is 2. The van der Waals surface area contributed by atoms with E-state index in [1.165, 1.54) is 0 Å². The Hall–Kier alpha value is -3.19. The second-order valence-electron chi connectivity index (χ2n) is 8.28. The number of carbonyl (C=O) groups excluding carboxylic acids is 3. The van der Waals surface area contributed by atoms with Crippen LogP contribution in [0.15, 0.2) is 48.5 Å². The number of morpholine rings is 1. The van der Waals surface area contributed by atoms with Crippen molar-refractivity contribution in [3.05, 3.63) is 59.7 Å². The van der Waals surface area contributed by atoms with Crippen LogP contribution in [0.4, 0.5) is 11.4 Å². The predicted octanol–water partition coefficient (Wildman–Crippen LogP) is 3.17. The molecule has 0 unspecified atom stereocenters. The summed E-state index contributed by atoms with van der Waals surface area (Å²) in [5, 5.41) is 2.99. The van der Waals surface area contributed by atoms with Crippen LogP contribution < -0.4 is 10.2 Å².